The van der Waals surface area contributed by atoms with Crippen LogP contribution in [-0.4, -0.2) is 21.5 Å². The Balaban J connectivity index is 1.64. The number of aromatic nitrogens is 2. The number of halogens is 2. The van der Waals surface area contributed by atoms with Crippen LogP contribution in [0, 0.1) is 12.8 Å². The molecule has 1 N–H and O–H groups in total. The number of carbonyl (C=O) groups excluding carboxylic acids is 1. The molecule has 24 heavy (non-hydrogen) atoms. The minimum atomic E-state index is -1.01. The third-order valence-electron chi connectivity index (χ3n) is 4.25. The molecule has 0 bridgehead atoms. The predicted octanol–water partition coefficient (Wildman–Crippen LogP) is 4.26. The number of pyridine rings is 1. The largest absolute Gasteiger partial charge is 0.309 e. The van der Waals surface area contributed by atoms with Gasteiger partial charge in [-0.1, -0.05) is 17.7 Å². The van der Waals surface area contributed by atoms with Gasteiger partial charge >= 0.3 is 0 Å². The van der Waals surface area contributed by atoms with Crippen molar-refractivity contribution in [2.24, 2.45) is 5.92 Å². The van der Waals surface area contributed by atoms with Crippen LogP contribution in [0.3, 0.4) is 0 Å². The molecule has 3 aromatic rings. The van der Waals surface area contributed by atoms with Crippen LogP contribution < -0.4 is 5.32 Å². The van der Waals surface area contributed by atoms with E-state index in [9.17, 15) is 9.18 Å². The Morgan fingerprint density at radius 2 is 2.12 bits per heavy atom. The van der Waals surface area contributed by atoms with E-state index in [1.165, 1.54) is 0 Å². The summed E-state index contributed by atoms with van der Waals surface area (Å²) in [6, 6.07) is 9.62. The van der Waals surface area contributed by atoms with Crippen LogP contribution in [0.25, 0.3) is 16.8 Å². The molecule has 0 aliphatic heterocycles. The van der Waals surface area contributed by atoms with Gasteiger partial charge in [0.1, 0.15) is 11.8 Å². The smallest absolute Gasteiger partial charge is 0.231 e. The van der Waals surface area contributed by atoms with Crippen LogP contribution in [0.4, 0.5) is 10.2 Å². The van der Waals surface area contributed by atoms with E-state index in [2.05, 4.69) is 10.3 Å². The summed E-state index contributed by atoms with van der Waals surface area (Å²) in [5.41, 5.74) is 3.91. The summed E-state index contributed by atoms with van der Waals surface area (Å²) >= 11 is 6.01. The van der Waals surface area contributed by atoms with Crippen LogP contribution in [-0.2, 0) is 4.79 Å². The highest BCUT2D eigenvalue weighted by Crippen LogP contribution is 2.34. The van der Waals surface area contributed by atoms with Gasteiger partial charge in [-0.05, 0) is 54.3 Å². The van der Waals surface area contributed by atoms with Gasteiger partial charge in [-0.3, -0.25) is 4.79 Å². The quantitative estimate of drug-likeness (QED) is 0.772. The summed E-state index contributed by atoms with van der Waals surface area (Å²) in [7, 11) is 0. The maximum Gasteiger partial charge on any atom is 0.231 e. The number of carbonyl (C=O) groups is 1. The van der Waals surface area contributed by atoms with Crippen LogP contribution in [0.15, 0.2) is 42.7 Å². The molecule has 2 heterocycles. The standard InChI is InChI=1S/C18H15ClFN3O/c1-10-6-12(19)3-4-13(10)11-2-5-17-21-16(9-23(17)8-11)22-18(24)14-7-15(14)20/h2-6,8-9,14-15H,7H2,1H3,(H,22,24)/t14-,15+/m1/s1. The fraction of sp³-hybridized carbons (Fsp3) is 0.222. The number of nitrogens with zero attached hydrogens (tertiary/aromatic N) is 2. The van der Waals surface area contributed by atoms with Crippen LogP contribution in [0.1, 0.15) is 12.0 Å². The molecule has 0 saturated heterocycles. The minimum Gasteiger partial charge on any atom is -0.309 e. The van der Waals surface area contributed by atoms with Crippen LogP contribution in [0.5, 0.6) is 0 Å². The topological polar surface area (TPSA) is 46.4 Å². The van der Waals surface area contributed by atoms with Crippen LogP contribution in [0.2, 0.25) is 5.02 Å². The second-order valence-corrected chi connectivity index (χ2v) is 6.55. The minimum absolute atomic E-state index is 0.305. The molecule has 1 fully saturated rings. The molecule has 4 nitrogen and oxygen atoms in total. The molecule has 1 saturated carbocycles. The van der Waals surface area contributed by atoms with E-state index < -0.39 is 12.1 Å². The number of nitrogens with one attached hydrogen (secondary N) is 1. The number of rotatable bonds is 3. The number of benzene rings is 1. The van der Waals surface area contributed by atoms with Gasteiger partial charge in [0.2, 0.25) is 5.91 Å². The third-order valence-corrected chi connectivity index (χ3v) is 4.49. The fourth-order valence-corrected chi connectivity index (χ4v) is 3.04. The van der Waals surface area contributed by atoms with Gasteiger partial charge in [0.25, 0.3) is 0 Å². The normalized spacial score (nSPS) is 19.5. The number of amides is 1. The molecular formula is C18H15ClFN3O. The number of aryl methyl sites for hydroxylation is 1. The first-order chi connectivity index (χ1) is 11.5. The second kappa shape index (κ2) is 5.60. The number of imidazole rings is 1. The zero-order valence-corrected chi connectivity index (χ0v) is 13.7. The Morgan fingerprint density at radius 3 is 2.83 bits per heavy atom. The molecule has 2 aromatic heterocycles. The van der Waals surface area contributed by atoms with Crippen molar-refractivity contribution in [2.75, 3.05) is 5.32 Å². The molecule has 1 amide bonds. The lowest BCUT2D eigenvalue weighted by Crippen LogP contribution is -2.15. The van der Waals surface area contributed by atoms with E-state index >= 15 is 0 Å². The average molecular weight is 344 g/mol. The number of fused-ring (bicyclic) bond motifs is 1. The van der Waals surface area contributed by atoms with E-state index in [4.69, 9.17) is 11.6 Å². The second-order valence-electron chi connectivity index (χ2n) is 6.12. The lowest BCUT2D eigenvalue weighted by Gasteiger charge is -2.07. The maximum atomic E-state index is 12.9. The van der Waals surface area contributed by atoms with Crippen molar-refractivity contribution in [3.05, 3.63) is 53.3 Å². The number of hydrogen-bond donors (Lipinski definition) is 1. The average Bonchev–Trinajstić information content (AvgIpc) is 3.13. The molecule has 0 radical (unpaired) electrons. The maximum absolute atomic E-state index is 12.9. The van der Waals surface area contributed by atoms with Gasteiger partial charge in [0, 0.05) is 11.2 Å². The predicted molar refractivity (Wildman–Crippen MR) is 92.0 cm³/mol. The zero-order valence-electron chi connectivity index (χ0n) is 13.0. The number of anilines is 1. The Hall–Kier alpha value is -2.40. The summed E-state index contributed by atoms with van der Waals surface area (Å²) in [5, 5.41) is 3.38. The third kappa shape index (κ3) is 2.76. The molecule has 122 valence electrons. The Kier molecular flexibility index (Phi) is 3.53. The van der Waals surface area contributed by atoms with E-state index in [1.807, 2.05) is 47.9 Å². The van der Waals surface area contributed by atoms with Crippen LogP contribution >= 0.6 is 11.6 Å². The Labute approximate surface area is 143 Å². The summed E-state index contributed by atoms with van der Waals surface area (Å²) in [5.74, 6) is -0.397. The van der Waals surface area contributed by atoms with E-state index in [-0.39, 0.29) is 5.91 Å². The molecule has 1 aliphatic carbocycles. The summed E-state index contributed by atoms with van der Waals surface area (Å²) in [6.07, 6.45) is 2.97. The van der Waals surface area contributed by atoms with Crippen molar-refractivity contribution in [2.45, 2.75) is 19.5 Å². The number of alkyl halides is 1. The lowest BCUT2D eigenvalue weighted by molar-refractivity contribution is -0.117. The first-order valence-electron chi connectivity index (χ1n) is 7.71. The van der Waals surface area contributed by atoms with E-state index in [0.29, 0.717) is 22.9 Å². The molecule has 4 rings (SSSR count). The zero-order chi connectivity index (χ0) is 16.8. The van der Waals surface area contributed by atoms with Crippen molar-refractivity contribution in [3.8, 4) is 11.1 Å². The fourth-order valence-electron chi connectivity index (χ4n) is 2.82. The van der Waals surface area contributed by atoms with Gasteiger partial charge < -0.3 is 9.72 Å². The summed E-state index contributed by atoms with van der Waals surface area (Å²) in [6.45, 7) is 2.01. The first-order valence-corrected chi connectivity index (χ1v) is 8.09. The Morgan fingerprint density at radius 1 is 1.33 bits per heavy atom. The van der Waals surface area contributed by atoms with Crippen molar-refractivity contribution in [1.82, 2.24) is 9.38 Å². The summed E-state index contributed by atoms with van der Waals surface area (Å²) in [4.78, 5) is 16.2. The SMILES string of the molecule is Cc1cc(Cl)ccc1-c1ccc2nc(NC(=O)[C@@H]3C[C@@H]3F)cn2c1. The number of hydrogen-bond acceptors (Lipinski definition) is 2. The van der Waals surface area contributed by atoms with Gasteiger partial charge in [-0.25, -0.2) is 9.37 Å². The van der Waals surface area contributed by atoms with Gasteiger partial charge in [0.05, 0.1) is 12.1 Å². The molecule has 1 aliphatic rings. The van der Waals surface area contributed by atoms with E-state index in [1.54, 1.807) is 6.20 Å². The van der Waals surface area contributed by atoms with Gasteiger partial charge in [0.15, 0.2) is 5.82 Å². The molecule has 0 unspecified atom stereocenters. The molecular weight excluding hydrogens is 329 g/mol. The molecule has 0 spiro atoms. The highest BCUT2D eigenvalue weighted by atomic mass is 35.5. The van der Waals surface area contributed by atoms with Gasteiger partial charge in [-0.2, -0.15) is 0 Å². The highest BCUT2D eigenvalue weighted by Gasteiger charge is 2.43. The van der Waals surface area contributed by atoms with Gasteiger partial charge in [-0.15, -0.1) is 0 Å². The molecule has 6 heteroatoms. The Bertz CT molecular complexity index is 953. The monoisotopic (exact) mass is 343 g/mol. The lowest BCUT2D eigenvalue weighted by atomic mass is 10.0. The van der Waals surface area contributed by atoms with Crippen molar-refractivity contribution >= 4 is 29.0 Å². The molecule has 1 aromatic carbocycles. The van der Waals surface area contributed by atoms with Crippen molar-refractivity contribution in [1.29, 1.82) is 0 Å². The van der Waals surface area contributed by atoms with E-state index in [0.717, 1.165) is 16.7 Å². The van der Waals surface area contributed by atoms with Crippen molar-refractivity contribution < 1.29 is 9.18 Å². The summed E-state index contributed by atoms with van der Waals surface area (Å²) < 4.78 is 14.8. The molecule has 2 atom stereocenters. The first kappa shape index (κ1) is 15.1. The van der Waals surface area contributed by atoms with Crippen molar-refractivity contribution in [3.63, 3.8) is 0 Å². The highest BCUT2D eigenvalue weighted by molar-refractivity contribution is 6.30.